The molecule has 0 aromatic heterocycles. The van der Waals surface area contributed by atoms with Gasteiger partial charge in [0.2, 0.25) is 0 Å². The van der Waals surface area contributed by atoms with Gasteiger partial charge in [-0.15, -0.1) is 0 Å². The zero-order chi connectivity index (χ0) is 14.5. The molecule has 0 unspecified atom stereocenters. The molecule has 0 heterocycles. The summed E-state index contributed by atoms with van der Waals surface area (Å²) in [5, 5.41) is 9.72. The van der Waals surface area contributed by atoms with Crippen molar-refractivity contribution in [1.29, 1.82) is 0 Å². The van der Waals surface area contributed by atoms with Gasteiger partial charge in [-0.05, 0) is 25.3 Å². The first kappa shape index (κ1) is 17.9. The summed E-state index contributed by atoms with van der Waals surface area (Å²) in [4.78, 5) is 11.0. The summed E-state index contributed by atoms with van der Waals surface area (Å²) in [6.07, 6.45) is 12.7. The van der Waals surface area contributed by atoms with Gasteiger partial charge in [-0.2, -0.15) is 0 Å². The van der Waals surface area contributed by atoms with E-state index in [9.17, 15) is 9.90 Å². The summed E-state index contributed by atoms with van der Waals surface area (Å²) in [6, 6.07) is 0. The Balaban J connectivity index is 3.80. The van der Waals surface area contributed by atoms with E-state index in [-0.39, 0.29) is 12.4 Å². The summed E-state index contributed by atoms with van der Waals surface area (Å²) >= 11 is 0. The number of esters is 1. The summed E-state index contributed by atoms with van der Waals surface area (Å²) < 4.78 is 4.52. The second-order valence-corrected chi connectivity index (χ2v) is 4.84. The number of allylic oxidation sites excluding steroid dienone is 3. The van der Waals surface area contributed by atoms with Crippen LogP contribution in [0.15, 0.2) is 23.8 Å². The standard InChI is InChI=1S/C16H28O3/c1-4-5-6-7-8-9-10-11-12-14(2)15(17)13-16(18)19-3/h10-12,15,17H,4-9,13H2,1-3H3/b11-10+,14-12+/t15-/m1/s1. The van der Waals surface area contributed by atoms with Gasteiger partial charge in [0.05, 0.1) is 19.6 Å². The lowest BCUT2D eigenvalue weighted by Gasteiger charge is -2.08. The SMILES string of the molecule is CCCCCCC/C=C/C=C(\C)[C@H](O)CC(=O)OC. The number of rotatable bonds is 10. The number of carbonyl (C=O) groups is 1. The molecule has 0 spiro atoms. The number of aliphatic hydroxyl groups is 1. The number of unbranched alkanes of at least 4 members (excludes halogenated alkanes) is 5. The largest absolute Gasteiger partial charge is 0.469 e. The van der Waals surface area contributed by atoms with Crippen molar-refractivity contribution in [2.24, 2.45) is 0 Å². The van der Waals surface area contributed by atoms with Gasteiger partial charge in [-0.25, -0.2) is 0 Å². The molecular formula is C16H28O3. The van der Waals surface area contributed by atoms with Gasteiger partial charge < -0.3 is 9.84 Å². The van der Waals surface area contributed by atoms with Gasteiger partial charge in [0, 0.05) is 0 Å². The molecule has 1 atom stereocenters. The topological polar surface area (TPSA) is 46.5 Å². The van der Waals surface area contributed by atoms with Crippen LogP contribution in [0.1, 0.15) is 58.8 Å². The van der Waals surface area contributed by atoms with Crippen molar-refractivity contribution in [3.05, 3.63) is 23.8 Å². The highest BCUT2D eigenvalue weighted by molar-refractivity contribution is 5.70. The Morgan fingerprint density at radius 3 is 2.58 bits per heavy atom. The van der Waals surface area contributed by atoms with E-state index in [1.54, 1.807) is 0 Å². The average Bonchev–Trinajstić information content (AvgIpc) is 2.41. The lowest BCUT2D eigenvalue weighted by Crippen LogP contribution is -2.15. The molecule has 0 saturated carbocycles. The Hall–Kier alpha value is -1.09. The predicted molar refractivity (Wildman–Crippen MR) is 78.9 cm³/mol. The molecule has 0 amide bonds. The van der Waals surface area contributed by atoms with Crippen molar-refractivity contribution in [3.8, 4) is 0 Å². The molecule has 0 fully saturated rings. The fraction of sp³-hybridized carbons (Fsp3) is 0.688. The third-order valence-electron chi connectivity index (χ3n) is 3.08. The first-order chi connectivity index (χ1) is 9.11. The van der Waals surface area contributed by atoms with Gasteiger partial charge in [-0.1, -0.05) is 50.8 Å². The van der Waals surface area contributed by atoms with Gasteiger partial charge >= 0.3 is 5.97 Å². The summed E-state index contributed by atoms with van der Waals surface area (Å²) in [5.74, 6) is -0.389. The maximum absolute atomic E-state index is 11.0. The van der Waals surface area contributed by atoms with Crippen LogP contribution in [-0.2, 0) is 9.53 Å². The molecule has 0 aliphatic carbocycles. The van der Waals surface area contributed by atoms with E-state index in [0.29, 0.717) is 0 Å². The van der Waals surface area contributed by atoms with Crippen molar-refractivity contribution in [2.75, 3.05) is 7.11 Å². The normalized spacial score (nSPS) is 13.8. The molecule has 0 aromatic rings. The monoisotopic (exact) mass is 268 g/mol. The van der Waals surface area contributed by atoms with Crippen LogP contribution >= 0.6 is 0 Å². The molecule has 3 nitrogen and oxygen atoms in total. The van der Waals surface area contributed by atoms with Crippen LogP contribution in [0.25, 0.3) is 0 Å². The maximum atomic E-state index is 11.0. The molecule has 19 heavy (non-hydrogen) atoms. The zero-order valence-electron chi connectivity index (χ0n) is 12.5. The molecule has 0 aromatic carbocycles. The number of hydrogen-bond acceptors (Lipinski definition) is 3. The number of methoxy groups -OCH3 is 1. The number of ether oxygens (including phenoxy) is 1. The van der Waals surface area contributed by atoms with E-state index in [0.717, 1.165) is 12.0 Å². The van der Waals surface area contributed by atoms with Crippen molar-refractivity contribution >= 4 is 5.97 Å². The molecule has 0 aliphatic heterocycles. The van der Waals surface area contributed by atoms with E-state index in [2.05, 4.69) is 17.7 Å². The Morgan fingerprint density at radius 1 is 1.26 bits per heavy atom. The zero-order valence-corrected chi connectivity index (χ0v) is 12.5. The smallest absolute Gasteiger partial charge is 0.308 e. The molecule has 0 bridgehead atoms. The van der Waals surface area contributed by atoms with Crippen LogP contribution in [-0.4, -0.2) is 24.3 Å². The van der Waals surface area contributed by atoms with E-state index in [1.165, 1.54) is 39.2 Å². The summed E-state index contributed by atoms with van der Waals surface area (Å²) in [7, 11) is 1.33. The minimum absolute atomic E-state index is 0.0176. The molecular weight excluding hydrogens is 240 g/mol. The minimum Gasteiger partial charge on any atom is -0.469 e. The molecule has 0 rings (SSSR count). The number of hydrogen-bond donors (Lipinski definition) is 1. The quantitative estimate of drug-likeness (QED) is 0.372. The second kappa shape index (κ2) is 12.0. The van der Waals surface area contributed by atoms with Crippen molar-refractivity contribution in [2.45, 2.75) is 64.9 Å². The molecule has 3 heteroatoms. The van der Waals surface area contributed by atoms with Gasteiger partial charge in [0.25, 0.3) is 0 Å². The Kier molecular flexibility index (Phi) is 11.3. The van der Waals surface area contributed by atoms with Crippen molar-refractivity contribution in [1.82, 2.24) is 0 Å². The fourth-order valence-corrected chi connectivity index (χ4v) is 1.70. The van der Waals surface area contributed by atoms with Crippen molar-refractivity contribution < 1.29 is 14.6 Å². The van der Waals surface area contributed by atoms with Crippen LogP contribution < -0.4 is 0 Å². The van der Waals surface area contributed by atoms with Crippen LogP contribution in [0.3, 0.4) is 0 Å². The average molecular weight is 268 g/mol. The first-order valence-corrected chi connectivity index (χ1v) is 7.20. The third kappa shape index (κ3) is 10.5. The van der Waals surface area contributed by atoms with Crippen LogP contribution in [0.2, 0.25) is 0 Å². The van der Waals surface area contributed by atoms with Crippen LogP contribution in [0.5, 0.6) is 0 Å². The van der Waals surface area contributed by atoms with Gasteiger partial charge in [0.1, 0.15) is 0 Å². The molecule has 110 valence electrons. The van der Waals surface area contributed by atoms with Crippen LogP contribution in [0, 0.1) is 0 Å². The third-order valence-corrected chi connectivity index (χ3v) is 3.08. The van der Waals surface area contributed by atoms with E-state index >= 15 is 0 Å². The highest BCUT2D eigenvalue weighted by Crippen LogP contribution is 2.08. The minimum atomic E-state index is -0.748. The lowest BCUT2D eigenvalue weighted by atomic mass is 10.1. The predicted octanol–water partition coefficient (Wildman–Crippen LogP) is 3.77. The summed E-state index contributed by atoms with van der Waals surface area (Å²) in [6.45, 7) is 4.03. The highest BCUT2D eigenvalue weighted by atomic mass is 16.5. The molecule has 0 radical (unpaired) electrons. The van der Waals surface area contributed by atoms with E-state index in [4.69, 9.17) is 0 Å². The Labute approximate surface area is 117 Å². The maximum Gasteiger partial charge on any atom is 0.308 e. The molecule has 0 saturated heterocycles. The van der Waals surface area contributed by atoms with Gasteiger partial charge in [0.15, 0.2) is 0 Å². The Morgan fingerprint density at radius 2 is 1.95 bits per heavy atom. The number of carbonyl (C=O) groups excluding carboxylic acids is 1. The lowest BCUT2D eigenvalue weighted by molar-refractivity contribution is -0.142. The Bertz CT molecular complexity index is 292. The number of aliphatic hydroxyl groups excluding tert-OH is 1. The van der Waals surface area contributed by atoms with Crippen molar-refractivity contribution in [3.63, 3.8) is 0 Å². The van der Waals surface area contributed by atoms with Gasteiger partial charge in [-0.3, -0.25) is 4.79 Å². The van der Waals surface area contributed by atoms with E-state index < -0.39 is 6.10 Å². The molecule has 0 aliphatic rings. The fourth-order valence-electron chi connectivity index (χ4n) is 1.70. The highest BCUT2D eigenvalue weighted by Gasteiger charge is 2.11. The summed E-state index contributed by atoms with van der Waals surface area (Å²) in [5.41, 5.74) is 0.785. The first-order valence-electron chi connectivity index (χ1n) is 7.20. The van der Waals surface area contributed by atoms with E-state index in [1.807, 2.05) is 19.1 Å². The second-order valence-electron chi connectivity index (χ2n) is 4.84. The van der Waals surface area contributed by atoms with Crippen LogP contribution in [0.4, 0.5) is 0 Å². The molecule has 1 N–H and O–H groups in total.